The number of aromatic nitrogens is 4. The van der Waals surface area contributed by atoms with Crippen LogP contribution >= 0.6 is 0 Å². The van der Waals surface area contributed by atoms with Crippen molar-refractivity contribution >= 4 is 11.5 Å². The fourth-order valence-electron chi connectivity index (χ4n) is 2.29. The highest BCUT2D eigenvalue weighted by atomic mass is 16.5. The van der Waals surface area contributed by atoms with Crippen molar-refractivity contribution in [1.82, 2.24) is 19.6 Å². The second-order valence-electron chi connectivity index (χ2n) is 4.59. The second-order valence-corrected chi connectivity index (χ2v) is 4.59. The van der Waals surface area contributed by atoms with Crippen LogP contribution in [-0.4, -0.2) is 44.4 Å². The summed E-state index contributed by atoms with van der Waals surface area (Å²) in [6, 6.07) is 1.79. The van der Waals surface area contributed by atoms with Gasteiger partial charge in [0.1, 0.15) is 12.1 Å². The number of nitrogens with zero attached hydrogens (tertiary/aromatic N) is 3. The molecule has 4 N–H and O–H groups in total. The lowest BCUT2D eigenvalue weighted by molar-refractivity contribution is -0.0127. The van der Waals surface area contributed by atoms with E-state index >= 15 is 0 Å². The molecule has 1 saturated carbocycles. The van der Waals surface area contributed by atoms with Crippen LogP contribution < -0.4 is 16.7 Å². The lowest BCUT2D eigenvalue weighted by atomic mass is 9.83. The van der Waals surface area contributed by atoms with Gasteiger partial charge < -0.3 is 15.8 Å². The van der Waals surface area contributed by atoms with Crippen LogP contribution in [0.3, 0.4) is 0 Å². The Balaban J connectivity index is 1.79. The zero-order valence-electron chi connectivity index (χ0n) is 10.5. The highest BCUT2D eigenvalue weighted by Crippen LogP contribution is 2.25. The Morgan fingerprint density at radius 1 is 1.68 bits per heavy atom. The summed E-state index contributed by atoms with van der Waals surface area (Å²) in [6.45, 7) is 2.62. The van der Waals surface area contributed by atoms with Crippen LogP contribution in [0.4, 0.5) is 5.82 Å². The van der Waals surface area contributed by atoms with Crippen molar-refractivity contribution in [1.29, 1.82) is 0 Å². The summed E-state index contributed by atoms with van der Waals surface area (Å²) in [7, 11) is 0. The molecule has 2 heterocycles. The largest absolute Gasteiger partial charge is 0.376 e. The number of fused-ring (bicyclic) bond motifs is 1. The number of aromatic amines is 1. The van der Waals surface area contributed by atoms with E-state index in [0.717, 1.165) is 6.42 Å². The van der Waals surface area contributed by atoms with Gasteiger partial charge in [-0.05, 0) is 13.3 Å². The maximum atomic E-state index is 11.3. The van der Waals surface area contributed by atoms with Gasteiger partial charge in [-0.25, -0.2) is 19.3 Å². The summed E-state index contributed by atoms with van der Waals surface area (Å²) in [4.78, 5) is 15.5. The quantitative estimate of drug-likeness (QED) is 0.675. The Kier molecular flexibility index (Phi) is 2.96. The first kappa shape index (κ1) is 12.1. The molecule has 0 aromatic carbocycles. The average Bonchev–Trinajstić information content (AvgIpc) is 2.77. The standard InChI is InChI=1S/C11H16N6O2/c1-2-19-7-3-6(12)10(7)14-8-4-9-15-16-11(18)17(9)5-13-8/h4-7,10,14H,2-3,12H2,1H3,(H,16,18). The molecule has 1 fully saturated rings. The Hall–Kier alpha value is -1.93. The molecule has 3 unspecified atom stereocenters. The van der Waals surface area contributed by atoms with Gasteiger partial charge in [0.05, 0.1) is 12.1 Å². The summed E-state index contributed by atoms with van der Waals surface area (Å²) >= 11 is 0. The van der Waals surface area contributed by atoms with E-state index < -0.39 is 0 Å². The molecule has 2 aromatic heterocycles. The Morgan fingerprint density at radius 2 is 2.53 bits per heavy atom. The van der Waals surface area contributed by atoms with Crippen LogP contribution in [-0.2, 0) is 4.74 Å². The molecule has 3 rings (SSSR count). The van der Waals surface area contributed by atoms with Crippen LogP contribution in [0.2, 0.25) is 0 Å². The molecule has 8 nitrogen and oxygen atoms in total. The number of nitrogens with two attached hydrogens (primary N) is 1. The number of hydrogen-bond donors (Lipinski definition) is 3. The van der Waals surface area contributed by atoms with Gasteiger partial charge >= 0.3 is 5.69 Å². The average molecular weight is 264 g/mol. The summed E-state index contributed by atoms with van der Waals surface area (Å²) in [5.74, 6) is 0.636. The molecular formula is C11H16N6O2. The first-order valence-electron chi connectivity index (χ1n) is 6.25. The zero-order valence-corrected chi connectivity index (χ0v) is 10.5. The summed E-state index contributed by atoms with van der Waals surface area (Å²) in [5, 5.41) is 9.48. The molecule has 2 aromatic rings. The maximum Gasteiger partial charge on any atom is 0.348 e. The molecule has 8 heteroatoms. The topological polar surface area (TPSA) is 110 Å². The van der Waals surface area contributed by atoms with E-state index in [2.05, 4.69) is 20.5 Å². The molecule has 1 aliphatic carbocycles. The first-order chi connectivity index (χ1) is 9.19. The van der Waals surface area contributed by atoms with Gasteiger partial charge in [-0.1, -0.05) is 0 Å². The Bertz CT molecular complexity index is 633. The normalized spacial score (nSPS) is 26.3. The van der Waals surface area contributed by atoms with Gasteiger partial charge in [0.15, 0.2) is 5.65 Å². The Labute approximate surface area is 109 Å². The first-order valence-corrected chi connectivity index (χ1v) is 6.25. The van der Waals surface area contributed by atoms with Crippen molar-refractivity contribution in [2.75, 3.05) is 11.9 Å². The minimum absolute atomic E-state index is 0.0422. The molecule has 19 heavy (non-hydrogen) atoms. The highest BCUT2D eigenvalue weighted by molar-refractivity contribution is 5.49. The molecule has 0 spiro atoms. The van der Waals surface area contributed by atoms with Crippen molar-refractivity contribution < 1.29 is 4.74 Å². The van der Waals surface area contributed by atoms with Crippen LogP contribution in [0.1, 0.15) is 13.3 Å². The zero-order chi connectivity index (χ0) is 13.4. The van der Waals surface area contributed by atoms with E-state index in [1.54, 1.807) is 6.07 Å². The SMILES string of the molecule is CCOC1CC(N)C1Nc1cc2n[nH]c(=O)n2cn1. The highest BCUT2D eigenvalue weighted by Gasteiger charge is 2.39. The number of ether oxygens (including phenoxy) is 1. The monoisotopic (exact) mass is 264 g/mol. The number of nitrogens with one attached hydrogen (secondary N) is 2. The molecule has 0 aliphatic heterocycles. The molecule has 0 bridgehead atoms. The minimum atomic E-state index is -0.304. The predicted molar refractivity (Wildman–Crippen MR) is 69.0 cm³/mol. The lowest BCUT2D eigenvalue weighted by Gasteiger charge is -2.42. The lowest BCUT2D eigenvalue weighted by Crippen LogP contribution is -2.60. The van der Waals surface area contributed by atoms with Crippen LogP contribution in [0.15, 0.2) is 17.2 Å². The van der Waals surface area contributed by atoms with Gasteiger partial charge in [-0.2, -0.15) is 5.10 Å². The third-order valence-electron chi connectivity index (χ3n) is 3.37. The van der Waals surface area contributed by atoms with Crippen LogP contribution in [0, 0.1) is 0 Å². The van der Waals surface area contributed by atoms with Gasteiger partial charge in [-0.15, -0.1) is 0 Å². The molecule has 102 valence electrons. The number of H-pyrrole nitrogens is 1. The van der Waals surface area contributed by atoms with E-state index in [1.807, 2.05) is 6.92 Å². The molecule has 3 atom stereocenters. The molecular weight excluding hydrogens is 248 g/mol. The minimum Gasteiger partial charge on any atom is -0.376 e. The Morgan fingerprint density at radius 3 is 3.26 bits per heavy atom. The smallest absolute Gasteiger partial charge is 0.348 e. The summed E-state index contributed by atoms with van der Waals surface area (Å²) in [6.07, 6.45) is 2.39. The van der Waals surface area contributed by atoms with E-state index in [-0.39, 0.29) is 23.9 Å². The van der Waals surface area contributed by atoms with E-state index in [0.29, 0.717) is 18.1 Å². The van der Waals surface area contributed by atoms with E-state index in [4.69, 9.17) is 10.5 Å². The fourth-order valence-corrected chi connectivity index (χ4v) is 2.29. The number of anilines is 1. The van der Waals surface area contributed by atoms with Crippen molar-refractivity contribution in [3.63, 3.8) is 0 Å². The van der Waals surface area contributed by atoms with Crippen LogP contribution in [0.25, 0.3) is 5.65 Å². The van der Waals surface area contributed by atoms with Gasteiger partial charge in [0.2, 0.25) is 0 Å². The second kappa shape index (κ2) is 4.63. The number of rotatable bonds is 4. The maximum absolute atomic E-state index is 11.3. The summed E-state index contributed by atoms with van der Waals surface area (Å²) < 4.78 is 6.92. The molecule has 0 saturated heterocycles. The molecule has 1 aliphatic rings. The molecule has 0 radical (unpaired) electrons. The summed E-state index contributed by atoms with van der Waals surface area (Å²) in [5.41, 5.74) is 6.17. The van der Waals surface area contributed by atoms with Gasteiger partial charge in [0.25, 0.3) is 0 Å². The molecule has 0 amide bonds. The van der Waals surface area contributed by atoms with Gasteiger partial charge in [0, 0.05) is 18.7 Å². The van der Waals surface area contributed by atoms with Crippen molar-refractivity contribution in [3.05, 3.63) is 22.9 Å². The van der Waals surface area contributed by atoms with E-state index in [1.165, 1.54) is 10.7 Å². The van der Waals surface area contributed by atoms with Crippen molar-refractivity contribution in [2.45, 2.75) is 31.5 Å². The van der Waals surface area contributed by atoms with Crippen molar-refractivity contribution in [2.24, 2.45) is 5.73 Å². The van der Waals surface area contributed by atoms with E-state index in [9.17, 15) is 4.79 Å². The van der Waals surface area contributed by atoms with Crippen LogP contribution in [0.5, 0.6) is 0 Å². The third kappa shape index (κ3) is 2.08. The van der Waals surface area contributed by atoms with Crippen molar-refractivity contribution in [3.8, 4) is 0 Å². The predicted octanol–water partition coefficient (Wildman–Crippen LogP) is -0.666. The van der Waals surface area contributed by atoms with Gasteiger partial charge in [-0.3, -0.25) is 0 Å². The fraction of sp³-hybridized carbons (Fsp3) is 0.545. The third-order valence-corrected chi connectivity index (χ3v) is 3.37. The number of hydrogen-bond acceptors (Lipinski definition) is 6.